The molecule has 2 fully saturated rings. The zero-order chi connectivity index (χ0) is 23.8. The van der Waals surface area contributed by atoms with Gasteiger partial charge in [0.2, 0.25) is 26.0 Å². The Labute approximate surface area is 195 Å². The van der Waals surface area contributed by atoms with Gasteiger partial charge in [-0.3, -0.25) is 4.79 Å². The maximum Gasteiger partial charge on any atom is 0.243 e. The number of nitrogens with zero attached hydrogens (tertiary/aromatic N) is 3. The highest BCUT2D eigenvalue weighted by Crippen LogP contribution is 2.28. The highest BCUT2D eigenvalue weighted by Gasteiger charge is 2.42. The molecule has 8 nitrogen and oxygen atoms in total. The summed E-state index contributed by atoms with van der Waals surface area (Å²) in [5.41, 5.74) is 1.94. The van der Waals surface area contributed by atoms with Crippen LogP contribution in [0.2, 0.25) is 0 Å². The van der Waals surface area contributed by atoms with E-state index in [1.165, 1.54) is 8.61 Å². The Morgan fingerprint density at radius 2 is 1.21 bits per heavy atom. The normalized spacial score (nSPS) is 20.8. The second-order valence-electron chi connectivity index (χ2n) is 8.63. The molecule has 0 aliphatic carbocycles. The second kappa shape index (κ2) is 9.17. The third kappa shape index (κ3) is 4.70. The van der Waals surface area contributed by atoms with Crippen LogP contribution in [0.4, 0.5) is 0 Å². The van der Waals surface area contributed by atoms with Gasteiger partial charge in [-0.25, -0.2) is 16.8 Å². The fourth-order valence-electron chi connectivity index (χ4n) is 4.34. The summed E-state index contributed by atoms with van der Waals surface area (Å²) >= 11 is 0. The van der Waals surface area contributed by atoms with E-state index in [9.17, 15) is 21.6 Å². The minimum atomic E-state index is -3.78. The molecule has 10 heteroatoms. The molecule has 2 saturated heterocycles. The van der Waals surface area contributed by atoms with Crippen LogP contribution >= 0.6 is 0 Å². The Hall–Kier alpha value is -2.27. The average molecular weight is 492 g/mol. The lowest BCUT2D eigenvalue weighted by Gasteiger charge is -2.36. The molecule has 33 heavy (non-hydrogen) atoms. The first kappa shape index (κ1) is 23.9. The summed E-state index contributed by atoms with van der Waals surface area (Å²) in [7, 11) is -7.41. The van der Waals surface area contributed by atoms with Crippen molar-refractivity contribution in [2.45, 2.75) is 42.5 Å². The van der Waals surface area contributed by atoms with Gasteiger partial charge in [0.1, 0.15) is 6.04 Å². The van der Waals surface area contributed by atoms with Crippen LogP contribution in [0.1, 0.15) is 24.0 Å². The molecule has 4 rings (SSSR count). The lowest BCUT2D eigenvalue weighted by molar-refractivity contribution is -0.135. The van der Waals surface area contributed by atoms with Crippen molar-refractivity contribution in [1.82, 2.24) is 13.5 Å². The summed E-state index contributed by atoms with van der Waals surface area (Å²) in [5, 5.41) is 0. The van der Waals surface area contributed by atoms with Crippen LogP contribution in [-0.2, 0) is 24.8 Å². The van der Waals surface area contributed by atoms with Crippen molar-refractivity contribution in [2.24, 2.45) is 0 Å². The van der Waals surface area contributed by atoms with Gasteiger partial charge in [0.25, 0.3) is 0 Å². The molecule has 2 aliphatic rings. The standard InChI is InChI=1S/C23H29N3O5S2/c1-18-5-9-20(10-6-18)32(28,29)25-16-14-24(15-17-25)23(27)22-4-3-13-26(22)33(30,31)21-11-7-19(2)8-12-21/h5-12,22H,3-4,13-17H2,1-2H3/t22-/m0/s1. The van der Waals surface area contributed by atoms with E-state index in [-0.39, 0.29) is 41.9 Å². The van der Waals surface area contributed by atoms with Crippen LogP contribution in [0, 0.1) is 13.8 Å². The van der Waals surface area contributed by atoms with E-state index in [2.05, 4.69) is 0 Å². The van der Waals surface area contributed by atoms with Crippen LogP contribution in [0.15, 0.2) is 58.3 Å². The molecule has 2 heterocycles. The fourth-order valence-corrected chi connectivity index (χ4v) is 7.41. The van der Waals surface area contributed by atoms with Gasteiger partial charge in [-0.2, -0.15) is 8.61 Å². The molecule has 0 bridgehead atoms. The number of hydrogen-bond donors (Lipinski definition) is 0. The van der Waals surface area contributed by atoms with Crippen molar-refractivity contribution in [1.29, 1.82) is 0 Å². The van der Waals surface area contributed by atoms with Gasteiger partial charge in [0.15, 0.2) is 0 Å². The molecule has 0 saturated carbocycles. The number of rotatable bonds is 5. The zero-order valence-corrected chi connectivity index (χ0v) is 20.5. The zero-order valence-electron chi connectivity index (χ0n) is 18.8. The SMILES string of the molecule is Cc1ccc(S(=O)(=O)N2CCN(C(=O)[C@@H]3CCCN3S(=O)(=O)c3ccc(C)cc3)CC2)cc1. The van der Waals surface area contributed by atoms with Gasteiger partial charge in [0, 0.05) is 32.7 Å². The summed E-state index contributed by atoms with van der Waals surface area (Å²) in [6.45, 7) is 4.91. The number of carbonyl (C=O) groups is 1. The molecular weight excluding hydrogens is 462 g/mol. The molecule has 178 valence electrons. The predicted octanol–water partition coefficient (Wildman–Crippen LogP) is 1.99. The van der Waals surface area contributed by atoms with E-state index < -0.39 is 26.1 Å². The first-order chi connectivity index (χ1) is 15.6. The minimum absolute atomic E-state index is 0.180. The summed E-state index contributed by atoms with van der Waals surface area (Å²) < 4.78 is 54.9. The molecule has 0 unspecified atom stereocenters. The van der Waals surface area contributed by atoms with Crippen molar-refractivity contribution in [3.8, 4) is 0 Å². The fraction of sp³-hybridized carbons (Fsp3) is 0.435. The third-order valence-corrected chi connectivity index (χ3v) is 10.2. The molecule has 1 amide bonds. The molecule has 0 radical (unpaired) electrons. The first-order valence-electron chi connectivity index (χ1n) is 11.0. The van der Waals surface area contributed by atoms with E-state index in [0.29, 0.717) is 19.4 Å². The van der Waals surface area contributed by atoms with Gasteiger partial charge < -0.3 is 4.90 Å². The summed E-state index contributed by atoms with van der Waals surface area (Å²) in [6.07, 6.45) is 1.08. The van der Waals surface area contributed by atoms with Crippen molar-refractivity contribution in [3.05, 3.63) is 59.7 Å². The van der Waals surface area contributed by atoms with Gasteiger partial charge in [-0.05, 0) is 51.0 Å². The summed E-state index contributed by atoms with van der Waals surface area (Å²) in [6, 6.07) is 12.6. The van der Waals surface area contributed by atoms with E-state index in [1.54, 1.807) is 53.4 Å². The van der Waals surface area contributed by atoms with Crippen molar-refractivity contribution >= 4 is 26.0 Å². The highest BCUT2D eigenvalue weighted by molar-refractivity contribution is 7.89. The Morgan fingerprint density at radius 3 is 1.73 bits per heavy atom. The number of carbonyl (C=O) groups excluding carboxylic acids is 1. The van der Waals surface area contributed by atoms with Crippen molar-refractivity contribution in [3.63, 3.8) is 0 Å². The van der Waals surface area contributed by atoms with Gasteiger partial charge in [0.05, 0.1) is 9.79 Å². The smallest absolute Gasteiger partial charge is 0.243 e. The quantitative estimate of drug-likeness (QED) is 0.638. The van der Waals surface area contributed by atoms with Gasteiger partial charge in [-0.1, -0.05) is 35.4 Å². The Balaban J connectivity index is 1.45. The molecule has 2 aromatic rings. The van der Waals surface area contributed by atoms with E-state index in [4.69, 9.17) is 0 Å². The lowest BCUT2D eigenvalue weighted by atomic mass is 10.2. The van der Waals surface area contributed by atoms with Crippen LogP contribution in [0.5, 0.6) is 0 Å². The van der Waals surface area contributed by atoms with E-state index in [0.717, 1.165) is 11.1 Å². The number of amides is 1. The van der Waals surface area contributed by atoms with Crippen LogP contribution in [0.25, 0.3) is 0 Å². The van der Waals surface area contributed by atoms with Gasteiger partial charge in [-0.15, -0.1) is 0 Å². The molecule has 0 N–H and O–H groups in total. The Kier molecular flexibility index (Phi) is 6.63. The largest absolute Gasteiger partial charge is 0.339 e. The van der Waals surface area contributed by atoms with Gasteiger partial charge >= 0.3 is 0 Å². The third-order valence-electron chi connectivity index (χ3n) is 6.33. The van der Waals surface area contributed by atoms with E-state index >= 15 is 0 Å². The number of sulfonamides is 2. The highest BCUT2D eigenvalue weighted by atomic mass is 32.2. The first-order valence-corrected chi connectivity index (χ1v) is 13.9. The number of benzene rings is 2. The minimum Gasteiger partial charge on any atom is -0.339 e. The second-order valence-corrected chi connectivity index (χ2v) is 12.5. The van der Waals surface area contributed by atoms with Crippen molar-refractivity contribution in [2.75, 3.05) is 32.7 Å². The molecule has 0 spiro atoms. The lowest BCUT2D eigenvalue weighted by Crippen LogP contribution is -2.55. The molecular formula is C23H29N3O5S2. The maximum absolute atomic E-state index is 13.3. The average Bonchev–Trinajstić information content (AvgIpc) is 3.30. The number of aryl methyl sites for hydroxylation is 2. The summed E-state index contributed by atoms with van der Waals surface area (Å²) in [4.78, 5) is 15.3. The number of piperazine rings is 1. The van der Waals surface area contributed by atoms with E-state index in [1.807, 2.05) is 13.8 Å². The molecule has 0 aromatic heterocycles. The molecule has 2 aliphatic heterocycles. The Morgan fingerprint density at radius 1 is 0.727 bits per heavy atom. The maximum atomic E-state index is 13.3. The predicted molar refractivity (Wildman–Crippen MR) is 125 cm³/mol. The Bertz CT molecular complexity index is 1220. The van der Waals surface area contributed by atoms with Crippen LogP contribution in [0.3, 0.4) is 0 Å². The topological polar surface area (TPSA) is 95.1 Å². The summed E-state index contributed by atoms with van der Waals surface area (Å²) in [5.74, 6) is -0.254. The van der Waals surface area contributed by atoms with Crippen molar-refractivity contribution < 1.29 is 21.6 Å². The van der Waals surface area contributed by atoms with Crippen LogP contribution < -0.4 is 0 Å². The molecule has 1 atom stereocenters. The monoisotopic (exact) mass is 491 g/mol. The molecule has 2 aromatic carbocycles. The number of hydrogen-bond acceptors (Lipinski definition) is 5. The van der Waals surface area contributed by atoms with Crippen LogP contribution in [-0.4, -0.2) is 75.0 Å².